The van der Waals surface area contributed by atoms with Gasteiger partial charge in [0.1, 0.15) is 11.9 Å². The predicted octanol–water partition coefficient (Wildman–Crippen LogP) is 9.51. The van der Waals surface area contributed by atoms with Gasteiger partial charge >= 0.3 is 0 Å². The minimum absolute atomic E-state index is 0.240. The van der Waals surface area contributed by atoms with Gasteiger partial charge in [-0.15, -0.1) is 0 Å². The van der Waals surface area contributed by atoms with Crippen molar-refractivity contribution in [3.63, 3.8) is 0 Å². The molecule has 37 heavy (non-hydrogen) atoms. The highest BCUT2D eigenvalue weighted by Crippen LogP contribution is 2.50. The summed E-state index contributed by atoms with van der Waals surface area (Å²) in [5, 5.41) is 5.89. The molecule has 0 saturated heterocycles. The van der Waals surface area contributed by atoms with Crippen LogP contribution >= 0.6 is 0 Å². The predicted molar refractivity (Wildman–Crippen MR) is 154 cm³/mol. The van der Waals surface area contributed by atoms with Crippen LogP contribution in [0.4, 0.5) is 0 Å². The molecule has 0 N–H and O–H groups in total. The van der Waals surface area contributed by atoms with Crippen LogP contribution in [0.2, 0.25) is 0 Å². The van der Waals surface area contributed by atoms with Gasteiger partial charge in [0.25, 0.3) is 0 Å². The lowest BCUT2D eigenvalue weighted by Crippen LogP contribution is -2.24. The molecule has 1 nitrogen and oxygen atoms in total. The van der Waals surface area contributed by atoms with Crippen molar-refractivity contribution >= 4 is 21.5 Å². The Kier molecular flexibility index (Phi) is 5.20. The molecule has 0 radical (unpaired) electrons. The van der Waals surface area contributed by atoms with Crippen LogP contribution in [0.25, 0.3) is 21.5 Å². The molecule has 3 aliphatic carbocycles. The second kappa shape index (κ2) is 8.76. The maximum absolute atomic E-state index is 6.72. The van der Waals surface area contributed by atoms with E-state index in [0.717, 1.165) is 12.2 Å². The summed E-state index contributed by atoms with van der Waals surface area (Å²) in [6.45, 7) is 0. The van der Waals surface area contributed by atoms with Crippen molar-refractivity contribution in [3.8, 4) is 5.75 Å². The number of hydrogen-bond donors (Lipinski definition) is 0. The molecule has 8 rings (SSSR count). The summed E-state index contributed by atoms with van der Waals surface area (Å²) in [6.07, 6.45) is 18.2. The van der Waals surface area contributed by atoms with Crippen LogP contribution in [0.15, 0.2) is 72.8 Å². The maximum Gasteiger partial charge on any atom is 0.123 e. The molecule has 1 saturated carbocycles. The maximum atomic E-state index is 6.72. The monoisotopic (exact) mass is 484 g/mol. The molecule has 0 aromatic heterocycles. The van der Waals surface area contributed by atoms with Gasteiger partial charge in [-0.05, 0) is 101 Å². The van der Waals surface area contributed by atoms with Gasteiger partial charge in [0, 0.05) is 17.4 Å². The van der Waals surface area contributed by atoms with Gasteiger partial charge < -0.3 is 4.74 Å². The fourth-order valence-electron chi connectivity index (χ4n) is 8.23. The summed E-state index contributed by atoms with van der Waals surface area (Å²) >= 11 is 0. The fourth-order valence-corrected chi connectivity index (χ4v) is 8.23. The number of allylic oxidation sites excluding steroid dienone is 1. The first-order valence-electron chi connectivity index (χ1n) is 14.8. The van der Waals surface area contributed by atoms with E-state index in [0.29, 0.717) is 17.8 Å². The van der Waals surface area contributed by atoms with E-state index in [1.807, 2.05) is 0 Å². The van der Waals surface area contributed by atoms with E-state index in [-0.39, 0.29) is 6.10 Å². The van der Waals surface area contributed by atoms with E-state index in [4.69, 9.17) is 4.74 Å². The Labute approximate surface area is 220 Å². The van der Waals surface area contributed by atoms with Crippen molar-refractivity contribution in [2.75, 3.05) is 0 Å². The van der Waals surface area contributed by atoms with E-state index < -0.39 is 0 Å². The molecule has 4 aromatic carbocycles. The van der Waals surface area contributed by atoms with E-state index in [1.165, 1.54) is 96.0 Å². The van der Waals surface area contributed by atoms with Gasteiger partial charge in [-0.25, -0.2) is 0 Å². The quantitative estimate of drug-likeness (QED) is 0.203. The Hall–Kier alpha value is -3.06. The molecule has 0 amide bonds. The molecule has 4 aromatic rings. The molecule has 3 unspecified atom stereocenters. The first-order chi connectivity index (χ1) is 18.3. The minimum Gasteiger partial charge on any atom is -0.489 e. The zero-order valence-electron chi connectivity index (χ0n) is 21.7. The summed E-state index contributed by atoms with van der Waals surface area (Å²) in [5.74, 6) is 2.61. The molecule has 0 spiro atoms. The van der Waals surface area contributed by atoms with Crippen LogP contribution in [-0.4, -0.2) is 6.10 Å². The molecule has 1 aliphatic heterocycles. The Morgan fingerprint density at radius 2 is 1.24 bits per heavy atom. The molecule has 1 fully saturated rings. The lowest BCUT2D eigenvalue weighted by Gasteiger charge is -2.31. The zero-order valence-corrected chi connectivity index (χ0v) is 21.7. The fraction of sp³-hybridized carbons (Fsp3) is 0.389. The van der Waals surface area contributed by atoms with Gasteiger partial charge in [-0.2, -0.15) is 0 Å². The third-order valence-corrected chi connectivity index (χ3v) is 9.95. The van der Waals surface area contributed by atoms with Gasteiger partial charge in [-0.3, -0.25) is 0 Å². The highest BCUT2D eigenvalue weighted by molar-refractivity contribution is 6.07. The topological polar surface area (TPSA) is 9.23 Å². The van der Waals surface area contributed by atoms with Crippen molar-refractivity contribution in [1.82, 2.24) is 0 Å². The number of benzene rings is 4. The van der Waals surface area contributed by atoms with Crippen LogP contribution in [0.5, 0.6) is 5.75 Å². The second-order valence-corrected chi connectivity index (χ2v) is 12.0. The molecule has 186 valence electrons. The molecular formula is C36H36O. The summed E-state index contributed by atoms with van der Waals surface area (Å²) in [5.41, 5.74) is 7.66. The lowest BCUT2D eigenvalue weighted by atomic mass is 9.74. The largest absolute Gasteiger partial charge is 0.489 e. The van der Waals surface area contributed by atoms with Crippen molar-refractivity contribution in [2.45, 2.75) is 88.1 Å². The van der Waals surface area contributed by atoms with Gasteiger partial charge in [0.15, 0.2) is 0 Å². The first-order valence-corrected chi connectivity index (χ1v) is 14.8. The molecular weight excluding hydrogens is 448 g/mol. The van der Waals surface area contributed by atoms with Crippen molar-refractivity contribution in [2.24, 2.45) is 0 Å². The van der Waals surface area contributed by atoms with Crippen molar-refractivity contribution in [3.05, 3.63) is 101 Å². The van der Waals surface area contributed by atoms with Gasteiger partial charge in [-0.1, -0.05) is 86.0 Å². The average molecular weight is 485 g/mol. The zero-order chi connectivity index (χ0) is 24.3. The van der Waals surface area contributed by atoms with Crippen LogP contribution in [-0.2, 0) is 12.8 Å². The van der Waals surface area contributed by atoms with E-state index >= 15 is 0 Å². The van der Waals surface area contributed by atoms with E-state index in [1.54, 1.807) is 11.1 Å². The standard InChI is InChI=1S/C36H36O/c1-2-10-23(11-3-1)35-28-14-6-8-16-30(28)36(31-17-9-7-15-29(31)35)26-18-19-27-32-20-24-12-4-5-13-25(24)21-34(32)37-33(27)22-26/h6-9,14-21,23,26-27,33H,1-5,10-13,22H2. The molecule has 1 heterocycles. The smallest absolute Gasteiger partial charge is 0.123 e. The summed E-state index contributed by atoms with van der Waals surface area (Å²) < 4.78 is 6.72. The summed E-state index contributed by atoms with van der Waals surface area (Å²) in [4.78, 5) is 0. The third kappa shape index (κ3) is 3.50. The lowest BCUT2D eigenvalue weighted by molar-refractivity contribution is 0.197. The first kappa shape index (κ1) is 22.0. The normalized spacial score (nSPS) is 25.0. The number of rotatable bonds is 2. The molecule has 0 bridgehead atoms. The third-order valence-electron chi connectivity index (χ3n) is 9.95. The average Bonchev–Trinajstić information content (AvgIpc) is 3.31. The number of ether oxygens (including phenoxy) is 1. The number of hydrogen-bond acceptors (Lipinski definition) is 1. The SMILES string of the molecule is C1=CC2c3cc4c(cc3OC2CC1c1c2ccccc2c(C2CCCCC2)c2ccccc12)CCCC4. The number of fused-ring (bicyclic) bond motifs is 6. The van der Waals surface area contributed by atoms with E-state index in [2.05, 4.69) is 72.8 Å². The van der Waals surface area contributed by atoms with Crippen LogP contribution in [0.1, 0.15) is 96.9 Å². The van der Waals surface area contributed by atoms with Crippen molar-refractivity contribution < 1.29 is 4.74 Å². The Bertz CT molecular complexity index is 1480. The van der Waals surface area contributed by atoms with E-state index in [9.17, 15) is 0 Å². The van der Waals surface area contributed by atoms with Crippen LogP contribution in [0, 0.1) is 0 Å². The highest BCUT2D eigenvalue weighted by atomic mass is 16.5. The molecule has 3 atom stereocenters. The molecule has 4 aliphatic rings. The highest BCUT2D eigenvalue weighted by Gasteiger charge is 2.38. The van der Waals surface area contributed by atoms with Crippen LogP contribution in [0.3, 0.4) is 0 Å². The molecule has 1 heteroatoms. The van der Waals surface area contributed by atoms with Crippen LogP contribution < -0.4 is 4.74 Å². The summed E-state index contributed by atoms with van der Waals surface area (Å²) in [7, 11) is 0. The van der Waals surface area contributed by atoms with Crippen molar-refractivity contribution in [1.29, 1.82) is 0 Å². The Morgan fingerprint density at radius 3 is 1.92 bits per heavy atom. The summed E-state index contributed by atoms with van der Waals surface area (Å²) in [6, 6.07) is 23.4. The number of aryl methyl sites for hydroxylation is 2. The van der Waals surface area contributed by atoms with Gasteiger partial charge in [0.05, 0.1) is 0 Å². The van der Waals surface area contributed by atoms with Gasteiger partial charge in [0.2, 0.25) is 0 Å². The Balaban J connectivity index is 1.24. The Morgan fingerprint density at radius 1 is 0.622 bits per heavy atom. The minimum atomic E-state index is 0.240. The second-order valence-electron chi connectivity index (χ2n) is 12.0.